The maximum atomic E-state index is 8.88. The summed E-state index contributed by atoms with van der Waals surface area (Å²) < 4.78 is 0. The SMILES string of the molecule is CO.Oc1cccc(Cl)c1Cl. The highest BCUT2D eigenvalue weighted by Crippen LogP contribution is 2.29. The lowest BCUT2D eigenvalue weighted by atomic mass is 10.3. The molecule has 2 nitrogen and oxygen atoms in total. The van der Waals surface area contributed by atoms with E-state index in [1.165, 1.54) is 6.07 Å². The number of aliphatic hydroxyl groups is 1. The maximum Gasteiger partial charge on any atom is 0.135 e. The monoisotopic (exact) mass is 194 g/mol. The maximum absolute atomic E-state index is 8.88. The lowest BCUT2D eigenvalue weighted by molar-refractivity contribution is 0.399. The highest BCUT2D eigenvalue weighted by molar-refractivity contribution is 6.42. The van der Waals surface area contributed by atoms with Gasteiger partial charge in [0.15, 0.2) is 0 Å². The van der Waals surface area contributed by atoms with Crippen LogP contribution in [0.25, 0.3) is 0 Å². The van der Waals surface area contributed by atoms with E-state index in [9.17, 15) is 0 Å². The Morgan fingerprint density at radius 3 is 2.09 bits per heavy atom. The van der Waals surface area contributed by atoms with Crippen molar-refractivity contribution in [2.75, 3.05) is 7.11 Å². The molecule has 1 rings (SSSR count). The second kappa shape index (κ2) is 5.24. The molecule has 1 aromatic rings. The van der Waals surface area contributed by atoms with E-state index in [4.69, 9.17) is 33.4 Å². The summed E-state index contributed by atoms with van der Waals surface area (Å²) in [7, 11) is 1.00. The molecule has 0 aromatic heterocycles. The van der Waals surface area contributed by atoms with Crippen molar-refractivity contribution in [2.24, 2.45) is 0 Å². The number of benzene rings is 1. The first kappa shape index (κ1) is 10.6. The van der Waals surface area contributed by atoms with E-state index < -0.39 is 0 Å². The number of hydrogen-bond acceptors (Lipinski definition) is 2. The van der Waals surface area contributed by atoms with Gasteiger partial charge in [-0.2, -0.15) is 0 Å². The number of rotatable bonds is 0. The van der Waals surface area contributed by atoms with Gasteiger partial charge in [0.05, 0.1) is 5.02 Å². The molecule has 0 aliphatic carbocycles. The molecule has 0 atom stereocenters. The van der Waals surface area contributed by atoms with Gasteiger partial charge in [-0.15, -0.1) is 0 Å². The minimum absolute atomic E-state index is 0.0177. The summed E-state index contributed by atoms with van der Waals surface area (Å²) >= 11 is 11.0. The molecule has 0 radical (unpaired) electrons. The summed E-state index contributed by atoms with van der Waals surface area (Å²) in [6, 6.07) is 4.72. The van der Waals surface area contributed by atoms with Crippen LogP contribution < -0.4 is 0 Å². The van der Waals surface area contributed by atoms with Crippen molar-refractivity contribution in [3.8, 4) is 5.75 Å². The average molecular weight is 195 g/mol. The van der Waals surface area contributed by atoms with Gasteiger partial charge >= 0.3 is 0 Å². The highest BCUT2D eigenvalue weighted by Gasteiger charge is 1.99. The van der Waals surface area contributed by atoms with Crippen molar-refractivity contribution in [2.45, 2.75) is 0 Å². The zero-order valence-electron chi connectivity index (χ0n) is 5.88. The standard InChI is InChI=1S/C6H4Cl2O.CH4O/c7-4-2-1-3-5(9)6(4)8;1-2/h1-3,9H;2H,1H3. The van der Waals surface area contributed by atoms with Crippen LogP contribution in [0, 0.1) is 0 Å². The van der Waals surface area contributed by atoms with Gasteiger partial charge < -0.3 is 10.2 Å². The lowest BCUT2D eigenvalue weighted by Gasteiger charge is -1.95. The molecule has 62 valence electrons. The topological polar surface area (TPSA) is 40.5 Å². The highest BCUT2D eigenvalue weighted by atomic mass is 35.5. The Labute approximate surface area is 75.0 Å². The van der Waals surface area contributed by atoms with Crippen LogP contribution in [0.4, 0.5) is 0 Å². The van der Waals surface area contributed by atoms with E-state index >= 15 is 0 Å². The van der Waals surface area contributed by atoms with Crippen molar-refractivity contribution in [3.05, 3.63) is 28.2 Å². The van der Waals surface area contributed by atoms with Crippen molar-refractivity contribution in [1.29, 1.82) is 0 Å². The van der Waals surface area contributed by atoms with Gasteiger partial charge in [-0.3, -0.25) is 0 Å². The Hall–Kier alpha value is -0.440. The second-order valence-electron chi connectivity index (χ2n) is 1.57. The molecule has 0 unspecified atom stereocenters. The van der Waals surface area contributed by atoms with Gasteiger partial charge in [0.2, 0.25) is 0 Å². The molecule has 0 spiro atoms. The smallest absolute Gasteiger partial charge is 0.135 e. The van der Waals surface area contributed by atoms with Crippen LogP contribution in [0.5, 0.6) is 5.75 Å². The number of halogens is 2. The minimum Gasteiger partial charge on any atom is -0.506 e. The Morgan fingerprint density at radius 1 is 1.18 bits per heavy atom. The molecule has 11 heavy (non-hydrogen) atoms. The largest absolute Gasteiger partial charge is 0.506 e. The summed E-state index contributed by atoms with van der Waals surface area (Å²) in [5, 5.41) is 16.5. The van der Waals surface area contributed by atoms with Crippen molar-refractivity contribution >= 4 is 23.2 Å². The molecule has 1 aromatic carbocycles. The van der Waals surface area contributed by atoms with Crippen LogP contribution in [0.2, 0.25) is 10.0 Å². The predicted octanol–water partition coefficient (Wildman–Crippen LogP) is 2.31. The summed E-state index contributed by atoms with van der Waals surface area (Å²) in [6.07, 6.45) is 0. The molecular formula is C7H8Cl2O2. The molecule has 4 heteroatoms. The van der Waals surface area contributed by atoms with E-state index in [1.807, 2.05) is 0 Å². The van der Waals surface area contributed by atoms with Crippen molar-refractivity contribution < 1.29 is 10.2 Å². The Morgan fingerprint density at radius 2 is 1.73 bits per heavy atom. The van der Waals surface area contributed by atoms with Gasteiger partial charge in [-0.1, -0.05) is 29.3 Å². The summed E-state index contributed by atoms with van der Waals surface area (Å²) in [5.74, 6) is 0.0177. The number of aromatic hydroxyl groups is 1. The molecule has 0 saturated carbocycles. The Balaban J connectivity index is 0.000000461. The molecule has 0 amide bonds. The fraction of sp³-hybridized carbons (Fsp3) is 0.143. The molecule has 0 saturated heterocycles. The van der Waals surface area contributed by atoms with Gasteiger partial charge in [-0.25, -0.2) is 0 Å². The fourth-order valence-corrected chi connectivity index (χ4v) is 0.788. The van der Waals surface area contributed by atoms with E-state index in [0.717, 1.165) is 7.11 Å². The van der Waals surface area contributed by atoms with Gasteiger partial charge in [0, 0.05) is 7.11 Å². The van der Waals surface area contributed by atoms with Crippen LogP contribution in [0.1, 0.15) is 0 Å². The van der Waals surface area contributed by atoms with Crippen LogP contribution in [-0.4, -0.2) is 17.3 Å². The van der Waals surface area contributed by atoms with Crippen LogP contribution in [0.15, 0.2) is 18.2 Å². The normalized spacial score (nSPS) is 8.36. The first-order chi connectivity index (χ1) is 5.22. The zero-order valence-corrected chi connectivity index (χ0v) is 7.39. The third-order valence-corrected chi connectivity index (χ3v) is 1.74. The van der Waals surface area contributed by atoms with E-state index in [2.05, 4.69) is 0 Å². The third kappa shape index (κ3) is 2.97. The summed E-state index contributed by atoms with van der Waals surface area (Å²) in [6.45, 7) is 0. The summed E-state index contributed by atoms with van der Waals surface area (Å²) in [5.41, 5.74) is 0. The number of phenols is 1. The van der Waals surface area contributed by atoms with Crippen molar-refractivity contribution in [3.63, 3.8) is 0 Å². The van der Waals surface area contributed by atoms with E-state index in [-0.39, 0.29) is 10.8 Å². The van der Waals surface area contributed by atoms with Gasteiger partial charge in [-0.05, 0) is 12.1 Å². The van der Waals surface area contributed by atoms with Crippen LogP contribution in [-0.2, 0) is 0 Å². The summed E-state index contributed by atoms with van der Waals surface area (Å²) in [4.78, 5) is 0. The van der Waals surface area contributed by atoms with Crippen LogP contribution in [0.3, 0.4) is 0 Å². The predicted molar refractivity (Wildman–Crippen MR) is 46.3 cm³/mol. The average Bonchev–Trinajstić information content (AvgIpc) is 2.04. The first-order valence-corrected chi connectivity index (χ1v) is 3.55. The van der Waals surface area contributed by atoms with Gasteiger partial charge in [0.25, 0.3) is 0 Å². The number of phenolic OH excluding ortho intramolecular Hbond substituents is 1. The lowest BCUT2D eigenvalue weighted by Crippen LogP contribution is -1.67. The first-order valence-electron chi connectivity index (χ1n) is 2.79. The third-order valence-electron chi connectivity index (χ3n) is 0.931. The van der Waals surface area contributed by atoms with Gasteiger partial charge in [0.1, 0.15) is 10.8 Å². The number of aliphatic hydroxyl groups excluding tert-OH is 1. The van der Waals surface area contributed by atoms with Crippen LogP contribution >= 0.6 is 23.2 Å². The van der Waals surface area contributed by atoms with Crippen molar-refractivity contribution in [1.82, 2.24) is 0 Å². The molecule has 0 fully saturated rings. The molecule has 0 aliphatic rings. The van der Waals surface area contributed by atoms with E-state index in [0.29, 0.717) is 5.02 Å². The van der Waals surface area contributed by atoms with E-state index in [1.54, 1.807) is 12.1 Å². The molecule has 2 N–H and O–H groups in total. The second-order valence-corrected chi connectivity index (χ2v) is 2.36. The molecule has 0 aliphatic heterocycles. The fourth-order valence-electron chi connectivity index (χ4n) is 0.492. The Kier molecular flexibility index (Phi) is 5.03. The molecule has 0 bridgehead atoms. The number of hydrogen-bond donors (Lipinski definition) is 2. The quantitative estimate of drug-likeness (QED) is 0.666. The molecule has 0 heterocycles. The molecular weight excluding hydrogens is 187 g/mol. The minimum atomic E-state index is 0.0177. The Bertz CT molecular complexity index is 205. The zero-order chi connectivity index (χ0) is 8.85.